The summed E-state index contributed by atoms with van der Waals surface area (Å²) in [6, 6.07) is 2.84. The summed E-state index contributed by atoms with van der Waals surface area (Å²) < 4.78 is 31.5. The molecule has 0 aliphatic heterocycles. The number of alkyl halides is 1. The SMILES string of the molecule is Fc1ccc(F)c(Oc2ncnc(Cl)c2CCl)c1. The Hall–Kier alpha value is -1.46. The zero-order valence-electron chi connectivity index (χ0n) is 8.83. The molecule has 2 rings (SSSR count). The molecule has 3 nitrogen and oxygen atoms in total. The lowest BCUT2D eigenvalue weighted by Gasteiger charge is -2.09. The van der Waals surface area contributed by atoms with Crippen LogP contribution in [0, 0.1) is 11.6 Å². The van der Waals surface area contributed by atoms with Crippen LogP contribution in [0.3, 0.4) is 0 Å². The molecule has 1 heterocycles. The predicted molar refractivity (Wildman–Crippen MR) is 63.0 cm³/mol. The van der Waals surface area contributed by atoms with E-state index in [1.165, 1.54) is 0 Å². The maximum absolute atomic E-state index is 13.4. The van der Waals surface area contributed by atoms with Crippen molar-refractivity contribution < 1.29 is 13.5 Å². The fraction of sp³-hybridized carbons (Fsp3) is 0.0909. The Morgan fingerprint density at radius 1 is 1.22 bits per heavy atom. The number of ether oxygens (including phenoxy) is 1. The summed E-state index contributed by atoms with van der Waals surface area (Å²) in [5.41, 5.74) is 0.310. The molecular weight excluding hydrogens is 285 g/mol. The summed E-state index contributed by atoms with van der Waals surface area (Å²) >= 11 is 11.4. The second-order valence-corrected chi connectivity index (χ2v) is 3.88. The van der Waals surface area contributed by atoms with Crippen molar-refractivity contribution in [1.82, 2.24) is 9.97 Å². The van der Waals surface area contributed by atoms with Crippen LogP contribution in [0.4, 0.5) is 8.78 Å². The second kappa shape index (κ2) is 5.46. The number of rotatable bonds is 3. The van der Waals surface area contributed by atoms with E-state index in [4.69, 9.17) is 27.9 Å². The highest BCUT2D eigenvalue weighted by Gasteiger charge is 2.13. The van der Waals surface area contributed by atoms with Crippen molar-refractivity contribution >= 4 is 23.2 Å². The standard InChI is InChI=1S/C11H6Cl2F2N2O/c12-4-7-10(13)16-5-17-11(7)18-9-3-6(14)1-2-8(9)15/h1-3,5H,4H2. The monoisotopic (exact) mass is 290 g/mol. The summed E-state index contributed by atoms with van der Waals surface area (Å²) in [7, 11) is 0. The minimum absolute atomic E-state index is 0.00509. The van der Waals surface area contributed by atoms with E-state index < -0.39 is 11.6 Å². The van der Waals surface area contributed by atoms with Gasteiger partial charge in [-0.1, -0.05) is 11.6 Å². The van der Waals surface area contributed by atoms with E-state index in [9.17, 15) is 8.78 Å². The van der Waals surface area contributed by atoms with E-state index in [2.05, 4.69) is 9.97 Å². The zero-order valence-corrected chi connectivity index (χ0v) is 10.3. The van der Waals surface area contributed by atoms with E-state index in [0.717, 1.165) is 24.5 Å². The minimum Gasteiger partial charge on any atom is -0.435 e. The van der Waals surface area contributed by atoms with Gasteiger partial charge in [-0.2, -0.15) is 0 Å². The van der Waals surface area contributed by atoms with E-state index >= 15 is 0 Å². The predicted octanol–water partition coefficient (Wildman–Crippen LogP) is 3.94. The van der Waals surface area contributed by atoms with Gasteiger partial charge in [0.1, 0.15) is 17.3 Å². The molecule has 94 valence electrons. The van der Waals surface area contributed by atoms with Crippen molar-refractivity contribution in [1.29, 1.82) is 0 Å². The average molecular weight is 291 g/mol. The van der Waals surface area contributed by atoms with Crippen LogP contribution in [0.15, 0.2) is 24.5 Å². The molecule has 1 aromatic carbocycles. The lowest BCUT2D eigenvalue weighted by atomic mass is 10.3. The Balaban J connectivity index is 2.40. The van der Waals surface area contributed by atoms with Crippen molar-refractivity contribution in [3.05, 3.63) is 46.9 Å². The number of hydrogen-bond acceptors (Lipinski definition) is 3. The third-order valence-corrected chi connectivity index (χ3v) is 2.68. The quantitative estimate of drug-likeness (QED) is 0.634. The highest BCUT2D eigenvalue weighted by Crippen LogP contribution is 2.29. The normalized spacial score (nSPS) is 10.4. The number of halogens is 4. The number of nitrogens with zero attached hydrogens (tertiary/aromatic N) is 2. The first-order valence-corrected chi connectivity index (χ1v) is 5.71. The molecule has 0 radical (unpaired) electrons. The largest absolute Gasteiger partial charge is 0.435 e. The Morgan fingerprint density at radius 2 is 2.00 bits per heavy atom. The summed E-state index contributed by atoms with van der Waals surface area (Å²) in [6.45, 7) is 0. The molecule has 0 aliphatic rings. The van der Waals surface area contributed by atoms with Crippen LogP contribution >= 0.6 is 23.2 Å². The van der Waals surface area contributed by atoms with Crippen molar-refractivity contribution in [2.75, 3.05) is 0 Å². The Kier molecular flexibility index (Phi) is 3.93. The molecule has 0 aliphatic carbocycles. The van der Waals surface area contributed by atoms with Gasteiger partial charge in [0.15, 0.2) is 11.6 Å². The summed E-state index contributed by atoms with van der Waals surface area (Å²) in [4.78, 5) is 7.50. The Labute approximate surface area is 111 Å². The van der Waals surface area contributed by atoms with Gasteiger partial charge in [-0.15, -0.1) is 11.6 Å². The molecule has 0 saturated carbocycles. The average Bonchev–Trinajstić information content (AvgIpc) is 2.34. The van der Waals surface area contributed by atoms with Crippen molar-refractivity contribution in [2.24, 2.45) is 0 Å². The fourth-order valence-electron chi connectivity index (χ4n) is 1.24. The smallest absolute Gasteiger partial charge is 0.228 e. The second-order valence-electron chi connectivity index (χ2n) is 3.26. The number of benzene rings is 1. The molecule has 0 amide bonds. The highest BCUT2D eigenvalue weighted by molar-refractivity contribution is 6.31. The van der Waals surface area contributed by atoms with Gasteiger partial charge in [0.25, 0.3) is 0 Å². The van der Waals surface area contributed by atoms with Gasteiger partial charge in [-0.05, 0) is 12.1 Å². The Bertz CT molecular complexity index is 581. The molecule has 7 heteroatoms. The number of aromatic nitrogens is 2. The van der Waals surface area contributed by atoms with Crippen LogP contribution in [0.2, 0.25) is 5.15 Å². The summed E-state index contributed by atoms with van der Waals surface area (Å²) in [6.07, 6.45) is 1.14. The van der Waals surface area contributed by atoms with Gasteiger partial charge in [0.2, 0.25) is 5.88 Å². The van der Waals surface area contributed by atoms with Crippen LogP contribution < -0.4 is 4.74 Å². The molecule has 0 N–H and O–H groups in total. The molecule has 0 bridgehead atoms. The van der Waals surface area contributed by atoms with Crippen LogP contribution in [-0.2, 0) is 5.88 Å². The van der Waals surface area contributed by atoms with Crippen LogP contribution in [0.5, 0.6) is 11.6 Å². The first kappa shape index (κ1) is 13.0. The minimum atomic E-state index is -0.716. The first-order valence-electron chi connectivity index (χ1n) is 4.80. The molecule has 0 spiro atoms. The molecular formula is C11H6Cl2F2N2O. The van der Waals surface area contributed by atoms with E-state index in [0.29, 0.717) is 5.56 Å². The lowest BCUT2D eigenvalue weighted by molar-refractivity contribution is 0.418. The molecule has 0 atom stereocenters. The molecule has 0 fully saturated rings. The van der Waals surface area contributed by atoms with Crippen LogP contribution in [0.1, 0.15) is 5.56 Å². The summed E-state index contributed by atoms with van der Waals surface area (Å²) in [5.74, 6) is -1.65. The third-order valence-electron chi connectivity index (χ3n) is 2.09. The van der Waals surface area contributed by atoms with Crippen molar-refractivity contribution in [3.8, 4) is 11.6 Å². The van der Waals surface area contributed by atoms with Gasteiger partial charge in [0.05, 0.1) is 11.4 Å². The fourth-order valence-corrected chi connectivity index (χ4v) is 1.74. The van der Waals surface area contributed by atoms with Crippen LogP contribution in [-0.4, -0.2) is 9.97 Å². The molecule has 18 heavy (non-hydrogen) atoms. The van der Waals surface area contributed by atoms with Crippen molar-refractivity contribution in [2.45, 2.75) is 5.88 Å². The van der Waals surface area contributed by atoms with Gasteiger partial charge in [-0.3, -0.25) is 0 Å². The van der Waals surface area contributed by atoms with Gasteiger partial charge in [-0.25, -0.2) is 18.7 Å². The molecule has 1 aromatic heterocycles. The van der Waals surface area contributed by atoms with E-state index in [1.807, 2.05) is 0 Å². The zero-order chi connectivity index (χ0) is 13.1. The van der Waals surface area contributed by atoms with E-state index in [-0.39, 0.29) is 22.7 Å². The lowest BCUT2D eigenvalue weighted by Crippen LogP contribution is -1.97. The van der Waals surface area contributed by atoms with Crippen LogP contribution in [0.25, 0.3) is 0 Å². The number of hydrogen-bond donors (Lipinski definition) is 0. The third kappa shape index (κ3) is 2.68. The summed E-state index contributed by atoms with van der Waals surface area (Å²) in [5, 5.41) is 0.104. The van der Waals surface area contributed by atoms with E-state index in [1.54, 1.807) is 0 Å². The molecule has 0 saturated heterocycles. The van der Waals surface area contributed by atoms with Crippen molar-refractivity contribution in [3.63, 3.8) is 0 Å². The Morgan fingerprint density at radius 3 is 2.72 bits per heavy atom. The highest BCUT2D eigenvalue weighted by atomic mass is 35.5. The van der Waals surface area contributed by atoms with Gasteiger partial charge >= 0.3 is 0 Å². The maximum Gasteiger partial charge on any atom is 0.228 e. The molecule has 2 aromatic rings. The topological polar surface area (TPSA) is 35.0 Å². The maximum atomic E-state index is 13.4. The molecule has 0 unspecified atom stereocenters. The first-order chi connectivity index (χ1) is 8.61. The van der Waals surface area contributed by atoms with Gasteiger partial charge in [0, 0.05) is 6.07 Å². The van der Waals surface area contributed by atoms with Gasteiger partial charge < -0.3 is 4.74 Å².